The average molecular weight is 289 g/mol. The zero-order valence-electron chi connectivity index (χ0n) is 11.6. The fourth-order valence-electron chi connectivity index (χ4n) is 2.46. The van der Waals surface area contributed by atoms with Gasteiger partial charge in [0.1, 0.15) is 5.76 Å². The van der Waals surface area contributed by atoms with Gasteiger partial charge in [-0.25, -0.2) is 4.98 Å². The standard InChI is InChI=1S/C15H19N3OS/c1-2-16-12(5-6-14-4-3-8-19-14)10-13-11-18-7-9-20-15(18)17-13/h3-4,7-9,11-12,16H,2,5-6,10H2,1H3. The summed E-state index contributed by atoms with van der Waals surface area (Å²) < 4.78 is 7.49. The van der Waals surface area contributed by atoms with Crippen molar-refractivity contribution in [3.8, 4) is 0 Å². The van der Waals surface area contributed by atoms with Crippen molar-refractivity contribution in [3.63, 3.8) is 0 Å². The zero-order chi connectivity index (χ0) is 13.8. The first kappa shape index (κ1) is 13.4. The van der Waals surface area contributed by atoms with E-state index in [0.717, 1.165) is 42.2 Å². The second-order valence-corrected chi connectivity index (χ2v) is 5.77. The molecule has 1 unspecified atom stereocenters. The molecule has 0 aromatic carbocycles. The molecule has 0 bridgehead atoms. The summed E-state index contributed by atoms with van der Waals surface area (Å²) in [5.74, 6) is 1.05. The normalized spacial score (nSPS) is 13.1. The van der Waals surface area contributed by atoms with E-state index in [9.17, 15) is 0 Å². The third-order valence-corrected chi connectivity index (χ3v) is 4.18. The fraction of sp³-hybridized carbons (Fsp3) is 0.400. The molecule has 0 amide bonds. The molecule has 106 valence electrons. The van der Waals surface area contributed by atoms with E-state index in [4.69, 9.17) is 4.42 Å². The van der Waals surface area contributed by atoms with Gasteiger partial charge in [-0.05, 0) is 25.1 Å². The smallest absolute Gasteiger partial charge is 0.193 e. The molecule has 0 spiro atoms. The van der Waals surface area contributed by atoms with E-state index in [1.54, 1.807) is 17.6 Å². The largest absolute Gasteiger partial charge is 0.469 e. The number of imidazole rings is 1. The molecule has 3 aromatic rings. The molecule has 0 aliphatic heterocycles. The topological polar surface area (TPSA) is 42.5 Å². The summed E-state index contributed by atoms with van der Waals surface area (Å²) in [5, 5.41) is 5.60. The molecule has 1 atom stereocenters. The summed E-state index contributed by atoms with van der Waals surface area (Å²) in [6.07, 6.45) is 8.91. The predicted molar refractivity (Wildman–Crippen MR) is 81.3 cm³/mol. The number of nitrogens with zero attached hydrogens (tertiary/aromatic N) is 2. The second-order valence-electron chi connectivity index (χ2n) is 4.90. The van der Waals surface area contributed by atoms with E-state index in [1.165, 1.54) is 0 Å². The van der Waals surface area contributed by atoms with Gasteiger partial charge in [-0.2, -0.15) is 0 Å². The molecular formula is C15H19N3OS. The Labute approximate surface area is 122 Å². The molecule has 3 aromatic heterocycles. The van der Waals surface area contributed by atoms with E-state index in [0.29, 0.717) is 6.04 Å². The number of rotatable bonds is 7. The van der Waals surface area contributed by atoms with Crippen LogP contribution in [0.15, 0.2) is 40.6 Å². The van der Waals surface area contributed by atoms with Crippen molar-refractivity contribution in [2.45, 2.75) is 32.2 Å². The Balaban J connectivity index is 1.62. The van der Waals surface area contributed by atoms with Crippen LogP contribution in [0.4, 0.5) is 0 Å². The summed E-state index contributed by atoms with van der Waals surface area (Å²) in [5.41, 5.74) is 1.15. The van der Waals surface area contributed by atoms with Crippen LogP contribution in [0.3, 0.4) is 0 Å². The van der Waals surface area contributed by atoms with E-state index in [2.05, 4.69) is 39.4 Å². The maximum absolute atomic E-state index is 5.40. The van der Waals surface area contributed by atoms with Gasteiger partial charge in [0.05, 0.1) is 12.0 Å². The number of furan rings is 1. The molecule has 3 rings (SSSR count). The fourth-order valence-corrected chi connectivity index (χ4v) is 3.18. The lowest BCUT2D eigenvalue weighted by Gasteiger charge is -2.15. The Morgan fingerprint density at radius 1 is 1.50 bits per heavy atom. The Bertz CT molecular complexity index is 612. The molecule has 3 heterocycles. The lowest BCUT2D eigenvalue weighted by Crippen LogP contribution is -2.31. The Morgan fingerprint density at radius 3 is 3.20 bits per heavy atom. The summed E-state index contributed by atoms with van der Waals surface area (Å²) in [6, 6.07) is 4.42. The maximum atomic E-state index is 5.40. The van der Waals surface area contributed by atoms with Crippen molar-refractivity contribution >= 4 is 16.3 Å². The summed E-state index contributed by atoms with van der Waals surface area (Å²) in [6.45, 7) is 3.12. The van der Waals surface area contributed by atoms with Crippen molar-refractivity contribution in [3.05, 3.63) is 47.6 Å². The van der Waals surface area contributed by atoms with Gasteiger partial charge >= 0.3 is 0 Å². The van der Waals surface area contributed by atoms with Gasteiger partial charge in [-0.15, -0.1) is 11.3 Å². The van der Waals surface area contributed by atoms with Crippen molar-refractivity contribution in [1.29, 1.82) is 0 Å². The van der Waals surface area contributed by atoms with Gasteiger partial charge in [0.25, 0.3) is 0 Å². The molecule has 0 aliphatic rings. The third-order valence-electron chi connectivity index (χ3n) is 3.41. The van der Waals surface area contributed by atoms with Gasteiger partial charge in [0.15, 0.2) is 4.96 Å². The number of aryl methyl sites for hydroxylation is 1. The van der Waals surface area contributed by atoms with Gasteiger partial charge in [-0.1, -0.05) is 6.92 Å². The first-order valence-electron chi connectivity index (χ1n) is 7.02. The van der Waals surface area contributed by atoms with Crippen LogP contribution in [-0.4, -0.2) is 22.0 Å². The van der Waals surface area contributed by atoms with Crippen LogP contribution in [0.25, 0.3) is 4.96 Å². The van der Waals surface area contributed by atoms with Crippen LogP contribution in [0.2, 0.25) is 0 Å². The molecular weight excluding hydrogens is 270 g/mol. The highest BCUT2D eigenvalue weighted by molar-refractivity contribution is 7.15. The molecule has 1 N–H and O–H groups in total. The Kier molecular flexibility index (Phi) is 4.18. The van der Waals surface area contributed by atoms with E-state index in [-0.39, 0.29) is 0 Å². The maximum Gasteiger partial charge on any atom is 0.193 e. The number of fused-ring (bicyclic) bond motifs is 1. The van der Waals surface area contributed by atoms with Crippen LogP contribution in [0.1, 0.15) is 24.8 Å². The SMILES string of the molecule is CCNC(CCc1ccco1)Cc1cn2ccsc2n1. The lowest BCUT2D eigenvalue weighted by atomic mass is 10.1. The lowest BCUT2D eigenvalue weighted by molar-refractivity contribution is 0.446. The number of hydrogen-bond donors (Lipinski definition) is 1. The quantitative estimate of drug-likeness (QED) is 0.726. The minimum Gasteiger partial charge on any atom is -0.469 e. The predicted octanol–water partition coefficient (Wildman–Crippen LogP) is 3.14. The minimum atomic E-state index is 0.440. The van der Waals surface area contributed by atoms with Crippen molar-refractivity contribution < 1.29 is 4.42 Å². The average Bonchev–Trinajstić information content (AvgIpc) is 3.12. The van der Waals surface area contributed by atoms with Crippen molar-refractivity contribution in [2.75, 3.05) is 6.54 Å². The number of thiazole rings is 1. The minimum absolute atomic E-state index is 0.440. The third kappa shape index (κ3) is 3.11. The van der Waals surface area contributed by atoms with Crippen LogP contribution in [-0.2, 0) is 12.8 Å². The summed E-state index contributed by atoms with van der Waals surface area (Å²) >= 11 is 1.68. The molecule has 20 heavy (non-hydrogen) atoms. The first-order chi connectivity index (χ1) is 9.85. The van der Waals surface area contributed by atoms with Gasteiger partial charge < -0.3 is 9.73 Å². The molecule has 0 aliphatic carbocycles. The molecule has 0 saturated heterocycles. The van der Waals surface area contributed by atoms with E-state index in [1.807, 2.05) is 12.1 Å². The first-order valence-corrected chi connectivity index (χ1v) is 7.90. The number of hydrogen-bond acceptors (Lipinski definition) is 4. The molecule has 0 saturated carbocycles. The van der Waals surface area contributed by atoms with E-state index < -0.39 is 0 Å². The monoisotopic (exact) mass is 289 g/mol. The Hall–Kier alpha value is -1.59. The summed E-state index contributed by atoms with van der Waals surface area (Å²) in [7, 11) is 0. The van der Waals surface area contributed by atoms with Gasteiger partial charge in [-0.3, -0.25) is 4.40 Å². The highest BCUT2D eigenvalue weighted by Gasteiger charge is 2.12. The van der Waals surface area contributed by atoms with Crippen LogP contribution >= 0.6 is 11.3 Å². The molecule has 4 nitrogen and oxygen atoms in total. The van der Waals surface area contributed by atoms with Crippen LogP contribution < -0.4 is 5.32 Å². The van der Waals surface area contributed by atoms with E-state index >= 15 is 0 Å². The van der Waals surface area contributed by atoms with Gasteiger partial charge in [0.2, 0.25) is 0 Å². The van der Waals surface area contributed by atoms with Crippen molar-refractivity contribution in [2.24, 2.45) is 0 Å². The zero-order valence-corrected chi connectivity index (χ0v) is 12.4. The summed E-state index contributed by atoms with van der Waals surface area (Å²) in [4.78, 5) is 5.73. The van der Waals surface area contributed by atoms with Gasteiger partial charge in [0, 0.05) is 36.7 Å². The number of likely N-dealkylation sites (N-methyl/N-ethyl adjacent to an activating group) is 1. The number of aromatic nitrogens is 2. The molecule has 0 fully saturated rings. The molecule has 0 radical (unpaired) electrons. The highest BCUT2D eigenvalue weighted by Crippen LogP contribution is 2.14. The van der Waals surface area contributed by atoms with Crippen LogP contribution in [0.5, 0.6) is 0 Å². The second kappa shape index (κ2) is 6.24. The number of nitrogens with one attached hydrogen (secondary N) is 1. The van der Waals surface area contributed by atoms with Crippen LogP contribution in [0, 0.1) is 0 Å². The molecule has 5 heteroatoms. The van der Waals surface area contributed by atoms with Crippen molar-refractivity contribution in [1.82, 2.24) is 14.7 Å². The Morgan fingerprint density at radius 2 is 2.45 bits per heavy atom. The highest BCUT2D eigenvalue weighted by atomic mass is 32.1.